The second-order valence-corrected chi connectivity index (χ2v) is 7.90. The number of hydrogen-bond acceptors (Lipinski definition) is 8. The van der Waals surface area contributed by atoms with Crippen LogP contribution in [0, 0.1) is 0 Å². The van der Waals surface area contributed by atoms with Crippen LogP contribution in [0.15, 0.2) is 46.2 Å². The Kier molecular flexibility index (Phi) is 4.88. The van der Waals surface area contributed by atoms with Crippen molar-refractivity contribution in [3.63, 3.8) is 0 Å². The van der Waals surface area contributed by atoms with Gasteiger partial charge in [-0.25, -0.2) is 0 Å². The Bertz CT molecular complexity index is 1050. The fraction of sp³-hybridized carbons (Fsp3) is 0. The number of hydrogen-bond donors (Lipinski definition) is 4. The monoisotopic (exact) mass is 400 g/mol. The van der Waals surface area contributed by atoms with Crippen molar-refractivity contribution in [2.45, 2.75) is 9.79 Å². The smallest absolute Gasteiger partial charge is 0.295 e. The molecule has 0 aliphatic rings. The Morgan fingerprint density at radius 1 is 0.692 bits per heavy atom. The van der Waals surface area contributed by atoms with Crippen molar-refractivity contribution >= 4 is 43.2 Å². The summed E-state index contributed by atoms with van der Waals surface area (Å²) in [6, 6.07) is 5.54. The Labute approximate surface area is 147 Å². The van der Waals surface area contributed by atoms with Gasteiger partial charge in [-0.2, -0.15) is 16.8 Å². The fourth-order valence-corrected chi connectivity index (χ4v) is 3.57. The van der Waals surface area contributed by atoms with Gasteiger partial charge >= 0.3 is 0 Å². The fourth-order valence-electron chi connectivity index (χ4n) is 2.12. The molecule has 0 amide bonds. The molecule has 6 N–H and O–H groups in total. The molecular weight excluding hydrogens is 388 g/mol. The maximum absolute atomic E-state index is 12.4. The number of nitrogen functional groups attached to an aromatic ring is 2. The molecular formula is C14H12N2O8S2. The Hall–Kier alpha value is -2.80. The molecule has 0 heterocycles. The third-order valence-corrected chi connectivity index (χ3v) is 5.05. The molecule has 0 atom stereocenters. The summed E-state index contributed by atoms with van der Waals surface area (Å²) in [5.41, 5.74) is 9.18. The number of nitrogens with two attached hydrogens (primary N) is 2. The van der Waals surface area contributed by atoms with Gasteiger partial charge in [0.25, 0.3) is 20.2 Å². The average Bonchev–Trinajstić information content (AvgIpc) is 2.51. The maximum Gasteiger partial charge on any atom is 0.295 e. The zero-order valence-corrected chi connectivity index (χ0v) is 14.4. The number of benzene rings is 2. The summed E-state index contributed by atoms with van der Waals surface area (Å²) in [5, 5.41) is 0. The molecule has 10 nitrogen and oxygen atoms in total. The lowest BCUT2D eigenvalue weighted by Crippen LogP contribution is -2.20. The summed E-state index contributed by atoms with van der Waals surface area (Å²) < 4.78 is 64.1. The summed E-state index contributed by atoms with van der Waals surface area (Å²) in [5.74, 6) is -2.88. The molecule has 0 bridgehead atoms. The van der Waals surface area contributed by atoms with E-state index in [0.717, 1.165) is 36.4 Å². The van der Waals surface area contributed by atoms with Crippen LogP contribution in [0.3, 0.4) is 0 Å². The predicted octanol–water partition coefficient (Wildman–Crippen LogP) is 0.410. The molecule has 0 aromatic heterocycles. The van der Waals surface area contributed by atoms with Crippen molar-refractivity contribution in [1.29, 1.82) is 0 Å². The maximum atomic E-state index is 12.4. The van der Waals surface area contributed by atoms with Gasteiger partial charge in [0.15, 0.2) is 0 Å². The summed E-state index contributed by atoms with van der Waals surface area (Å²) in [6.45, 7) is 0. The third-order valence-electron chi connectivity index (χ3n) is 3.26. The van der Waals surface area contributed by atoms with Crippen molar-refractivity contribution in [3.8, 4) is 0 Å². The number of rotatable bonds is 5. The molecule has 0 radical (unpaired) electrons. The highest BCUT2D eigenvalue weighted by molar-refractivity contribution is 7.86. The van der Waals surface area contributed by atoms with Gasteiger partial charge in [0.05, 0.1) is 0 Å². The van der Waals surface area contributed by atoms with Crippen LogP contribution in [-0.2, 0) is 20.2 Å². The van der Waals surface area contributed by atoms with Gasteiger partial charge in [-0.05, 0) is 36.4 Å². The van der Waals surface area contributed by atoms with Crippen molar-refractivity contribution in [2.75, 3.05) is 11.5 Å². The zero-order chi connectivity index (χ0) is 19.9. The number of ketones is 2. The van der Waals surface area contributed by atoms with Gasteiger partial charge in [0.2, 0.25) is 11.6 Å². The number of carbonyl (C=O) groups excluding carboxylic acids is 2. The van der Waals surface area contributed by atoms with E-state index in [4.69, 9.17) is 11.5 Å². The molecule has 0 saturated carbocycles. The molecule has 138 valence electrons. The minimum Gasteiger partial charge on any atom is -0.399 e. The zero-order valence-electron chi connectivity index (χ0n) is 12.8. The van der Waals surface area contributed by atoms with Crippen molar-refractivity contribution in [3.05, 3.63) is 47.5 Å². The molecule has 0 aliphatic carbocycles. The normalized spacial score (nSPS) is 11.9. The van der Waals surface area contributed by atoms with Crippen LogP contribution < -0.4 is 11.5 Å². The van der Waals surface area contributed by atoms with E-state index in [9.17, 15) is 35.5 Å². The number of carbonyl (C=O) groups is 2. The van der Waals surface area contributed by atoms with Crippen LogP contribution in [0.25, 0.3) is 0 Å². The molecule has 26 heavy (non-hydrogen) atoms. The van der Waals surface area contributed by atoms with Gasteiger partial charge in [-0.15, -0.1) is 0 Å². The average molecular weight is 400 g/mol. The first-order valence-electron chi connectivity index (χ1n) is 6.65. The first-order chi connectivity index (χ1) is 11.8. The van der Waals surface area contributed by atoms with Crippen LogP contribution in [0.2, 0.25) is 0 Å². The van der Waals surface area contributed by atoms with E-state index >= 15 is 0 Å². The Balaban J connectivity index is 2.66. The van der Waals surface area contributed by atoms with Crippen molar-refractivity contribution < 1.29 is 35.5 Å². The number of anilines is 2. The Morgan fingerprint density at radius 2 is 1.00 bits per heavy atom. The lowest BCUT2D eigenvalue weighted by molar-refractivity contribution is 0.0813. The van der Waals surface area contributed by atoms with Gasteiger partial charge in [-0.3, -0.25) is 18.7 Å². The highest BCUT2D eigenvalue weighted by atomic mass is 32.2. The minimum absolute atomic E-state index is 0.104. The molecule has 0 fully saturated rings. The van der Waals surface area contributed by atoms with E-state index in [1.807, 2.05) is 0 Å². The molecule has 0 aliphatic heterocycles. The van der Waals surface area contributed by atoms with Crippen LogP contribution in [0.5, 0.6) is 0 Å². The summed E-state index contributed by atoms with van der Waals surface area (Å²) in [7, 11) is -9.81. The summed E-state index contributed by atoms with van der Waals surface area (Å²) in [6.07, 6.45) is 0. The van der Waals surface area contributed by atoms with Gasteiger partial charge < -0.3 is 11.5 Å². The Morgan fingerprint density at radius 3 is 1.27 bits per heavy atom. The highest BCUT2D eigenvalue weighted by Gasteiger charge is 2.30. The van der Waals surface area contributed by atoms with E-state index in [2.05, 4.69) is 0 Å². The first kappa shape index (κ1) is 19.5. The van der Waals surface area contributed by atoms with E-state index in [1.54, 1.807) is 0 Å². The molecule has 0 saturated heterocycles. The standard InChI is InChI=1S/C14H12N2O8S2/c15-7-1-3-9(11(5-7)25(19,20)21)13(17)14(18)10-4-2-8(16)6-12(10)26(22,23)24/h1-6H,15-16H2,(H,19,20,21)(H,22,23,24). The molecule has 2 rings (SSSR count). The lowest BCUT2D eigenvalue weighted by Gasteiger charge is -2.09. The molecule has 0 unspecified atom stereocenters. The molecule has 12 heteroatoms. The van der Waals surface area contributed by atoms with Crippen molar-refractivity contribution in [1.82, 2.24) is 0 Å². The van der Waals surface area contributed by atoms with E-state index in [-0.39, 0.29) is 11.4 Å². The molecule has 2 aromatic rings. The summed E-state index contributed by atoms with van der Waals surface area (Å²) in [4.78, 5) is 23.0. The lowest BCUT2D eigenvalue weighted by atomic mass is 10.0. The van der Waals surface area contributed by atoms with E-state index < -0.39 is 52.7 Å². The SMILES string of the molecule is Nc1ccc(C(=O)C(=O)c2ccc(N)cc2S(=O)(=O)O)c(S(=O)(=O)O)c1. The van der Waals surface area contributed by atoms with E-state index in [1.165, 1.54) is 0 Å². The quantitative estimate of drug-likeness (QED) is 0.236. The molecule has 2 aromatic carbocycles. The van der Waals surface area contributed by atoms with Crippen molar-refractivity contribution in [2.24, 2.45) is 0 Å². The second kappa shape index (κ2) is 6.49. The third kappa shape index (κ3) is 3.88. The molecule has 0 spiro atoms. The van der Waals surface area contributed by atoms with Crippen LogP contribution >= 0.6 is 0 Å². The van der Waals surface area contributed by atoms with Crippen LogP contribution in [0.1, 0.15) is 20.7 Å². The highest BCUT2D eigenvalue weighted by Crippen LogP contribution is 2.24. The van der Waals surface area contributed by atoms with Crippen LogP contribution in [-0.4, -0.2) is 37.5 Å². The second-order valence-electron chi connectivity index (χ2n) is 5.12. The van der Waals surface area contributed by atoms with Gasteiger partial charge in [0.1, 0.15) is 9.79 Å². The minimum atomic E-state index is -4.90. The van der Waals surface area contributed by atoms with Crippen LogP contribution in [0.4, 0.5) is 11.4 Å². The first-order valence-corrected chi connectivity index (χ1v) is 9.53. The topological polar surface area (TPSA) is 195 Å². The van der Waals surface area contributed by atoms with Gasteiger partial charge in [0, 0.05) is 22.5 Å². The van der Waals surface area contributed by atoms with E-state index in [0.29, 0.717) is 0 Å². The predicted molar refractivity (Wildman–Crippen MR) is 90.0 cm³/mol. The van der Waals surface area contributed by atoms with Gasteiger partial charge in [-0.1, -0.05) is 0 Å². The summed E-state index contributed by atoms with van der Waals surface area (Å²) >= 11 is 0. The number of Topliss-reactive ketones (excluding diaryl/α,β-unsaturated/α-hetero) is 2. The largest absolute Gasteiger partial charge is 0.399 e.